The van der Waals surface area contributed by atoms with Crippen molar-refractivity contribution < 1.29 is 0 Å². The van der Waals surface area contributed by atoms with Crippen molar-refractivity contribution in [2.24, 2.45) is 0 Å². The molecule has 1 nitrogen and oxygen atoms in total. The van der Waals surface area contributed by atoms with Crippen molar-refractivity contribution in [1.82, 2.24) is 4.90 Å². The summed E-state index contributed by atoms with van der Waals surface area (Å²) in [5.41, 5.74) is 0.865. The van der Waals surface area contributed by atoms with Crippen LogP contribution < -0.4 is 0 Å². The van der Waals surface area contributed by atoms with E-state index in [0.717, 1.165) is 25.2 Å². The number of hydrogen-bond acceptors (Lipinski definition) is 1. The highest BCUT2D eigenvalue weighted by atomic mass is 28.1. The smallest absolute Gasteiger partial charge is 0.0163 e. The van der Waals surface area contributed by atoms with Crippen LogP contribution in [0, 0.1) is 0 Å². The zero-order valence-electron chi connectivity index (χ0n) is 9.41. The second-order valence-electron chi connectivity index (χ2n) is 3.76. The Bertz CT molecular complexity index is 167. The molecule has 0 bridgehead atoms. The molecule has 0 amide bonds. The Morgan fingerprint density at radius 1 is 1.07 bits per heavy atom. The third-order valence-electron chi connectivity index (χ3n) is 2.28. The molecule has 0 spiro atoms. The molecule has 80 valence electrons. The van der Waals surface area contributed by atoms with Gasteiger partial charge in [-0.1, -0.05) is 23.8 Å². The molecule has 0 saturated carbocycles. The molecular formula is C12H23NSi. The van der Waals surface area contributed by atoms with Crippen LogP contribution in [-0.2, 0) is 0 Å². The first-order valence-corrected chi connectivity index (χ1v) is 6.45. The van der Waals surface area contributed by atoms with Crippen LogP contribution >= 0.6 is 0 Å². The average Bonchev–Trinajstić information content (AvgIpc) is 2.15. The number of hydrogen-bond donors (Lipinski definition) is 0. The Morgan fingerprint density at radius 3 is 2.07 bits per heavy atom. The molecule has 14 heavy (non-hydrogen) atoms. The topological polar surface area (TPSA) is 3.24 Å². The minimum Gasteiger partial charge on any atom is -0.296 e. The van der Waals surface area contributed by atoms with E-state index < -0.39 is 0 Å². The quantitative estimate of drug-likeness (QED) is 0.413. The normalized spacial score (nSPS) is 12.6. The largest absolute Gasteiger partial charge is 0.296 e. The van der Waals surface area contributed by atoms with Crippen molar-refractivity contribution in [3.05, 3.63) is 38.0 Å². The van der Waals surface area contributed by atoms with E-state index in [9.17, 15) is 0 Å². The molecule has 0 rings (SSSR count). The summed E-state index contributed by atoms with van der Waals surface area (Å²) in [5.74, 6) is 0. The monoisotopic (exact) mass is 209 g/mol. The van der Waals surface area contributed by atoms with Crippen molar-refractivity contribution in [2.75, 3.05) is 19.6 Å². The molecule has 0 N–H and O–H groups in total. The van der Waals surface area contributed by atoms with Gasteiger partial charge in [0.25, 0.3) is 0 Å². The van der Waals surface area contributed by atoms with Crippen LogP contribution in [0.25, 0.3) is 0 Å². The first-order chi connectivity index (χ1) is 6.74. The molecule has 0 aliphatic heterocycles. The lowest BCUT2D eigenvalue weighted by Gasteiger charge is -2.20. The summed E-state index contributed by atoms with van der Waals surface area (Å²) < 4.78 is 0. The van der Waals surface area contributed by atoms with Gasteiger partial charge in [0.1, 0.15) is 0 Å². The molecule has 0 heterocycles. The van der Waals surface area contributed by atoms with Crippen molar-refractivity contribution in [3.8, 4) is 0 Å². The van der Waals surface area contributed by atoms with Crippen molar-refractivity contribution in [3.63, 3.8) is 0 Å². The zero-order chi connectivity index (χ0) is 10.8. The highest BCUT2D eigenvalue weighted by molar-refractivity contribution is 6.11. The molecule has 0 fully saturated rings. The maximum atomic E-state index is 3.78. The molecular weight excluding hydrogens is 186 g/mol. The van der Waals surface area contributed by atoms with Crippen LogP contribution in [0.1, 0.15) is 12.8 Å². The molecule has 1 unspecified atom stereocenters. The minimum absolute atomic E-state index is 0.865. The lowest BCUT2D eigenvalue weighted by atomic mass is 10.2. The maximum Gasteiger partial charge on any atom is 0.0163 e. The zero-order valence-corrected chi connectivity index (χ0v) is 11.4. The van der Waals surface area contributed by atoms with Gasteiger partial charge in [-0.05, 0) is 19.4 Å². The Labute approximate surface area is 91.6 Å². The van der Waals surface area contributed by atoms with Gasteiger partial charge >= 0.3 is 0 Å². The average molecular weight is 209 g/mol. The molecule has 0 radical (unpaired) electrons. The molecule has 2 heteroatoms. The third-order valence-corrected chi connectivity index (χ3v) is 3.33. The summed E-state index contributed by atoms with van der Waals surface area (Å²) in [4.78, 5) is 2.37. The molecule has 1 atom stereocenters. The number of nitrogens with zero attached hydrogens (tertiary/aromatic N) is 1. The van der Waals surface area contributed by atoms with E-state index in [1.165, 1.54) is 23.1 Å². The predicted octanol–water partition coefficient (Wildman–Crippen LogP) is 1.78. The van der Waals surface area contributed by atoms with E-state index in [1.807, 2.05) is 18.2 Å². The van der Waals surface area contributed by atoms with Gasteiger partial charge < -0.3 is 0 Å². The highest BCUT2D eigenvalue weighted by Crippen LogP contribution is 2.11. The van der Waals surface area contributed by atoms with E-state index in [0.29, 0.717) is 0 Å². The third kappa shape index (κ3) is 6.86. The van der Waals surface area contributed by atoms with Crippen molar-refractivity contribution in [2.45, 2.75) is 18.4 Å². The van der Waals surface area contributed by atoms with Crippen LogP contribution in [0.2, 0.25) is 5.54 Å². The van der Waals surface area contributed by atoms with Crippen LogP contribution in [0.15, 0.2) is 38.0 Å². The molecule has 0 aliphatic carbocycles. The van der Waals surface area contributed by atoms with E-state index in [2.05, 4.69) is 24.6 Å². The molecule has 0 aromatic heterocycles. The Kier molecular flexibility index (Phi) is 8.59. The standard InChI is InChI=1S/C12H23NSi/c1-4-7-12(14)8-11-13(9-5-2)10-6-3/h4-6,12H,1-3,7-11H2,14H3. The lowest BCUT2D eigenvalue weighted by molar-refractivity contribution is 0.327. The SMILES string of the molecule is C=CCC([SiH3])CCN(CC=C)CC=C. The predicted molar refractivity (Wildman–Crippen MR) is 70.0 cm³/mol. The Hall–Kier alpha value is -0.603. The fourth-order valence-electron chi connectivity index (χ4n) is 1.43. The van der Waals surface area contributed by atoms with Gasteiger partial charge in [-0.3, -0.25) is 4.90 Å². The summed E-state index contributed by atoms with van der Waals surface area (Å²) in [6.45, 7) is 14.4. The van der Waals surface area contributed by atoms with E-state index in [1.54, 1.807) is 0 Å². The van der Waals surface area contributed by atoms with Gasteiger partial charge in [0.05, 0.1) is 0 Å². The van der Waals surface area contributed by atoms with E-state index >= 15 is 0 Å². The van der Waals surface area contributed by atoms with Gasteiger partial charge in [-0.15, -0.1) is 19.7 Å². The maximum absolute atomic E-state index is 3.78. The molecule has 0 aromatic carbocycles. The highest BCUT2D eigenvalue weighted by Gasteiger charge is 2.04. The van der Waals surface area contributed by atoms with E-state index in [-0.39, 0.29) is 0 Å². The van der Waals surface area contributed by atoms with Crippen LogP contribution in [0.3, 0.4) is 0 Å². The van der Waals surface area contributed by atoms with Crippen LogP contribution in [0.4, 0.5) is 0 Å². The summed E-state index contributed by atoms with van der Waals surface area (Å²) in [6, 6.07) is 0. The van der Waals surface area contributed by atoms with Crippen LogP contribution in [0.5, 0.6) is 0 Å². The lowest BCUT2D eigenvalue weighted by Crippen LogP contribution is -2.25. The summed E-state index contributed by atoms with van der Waals surface area (Å²) in [6.07, 6.45) is 8.39. The van der Waals surface area contributed by atoms with Gasteiger partial charge in [0, 0.05) is 23.3 Å². The Balaban J connectivity index is 3.72. The van der Waals surface area contributed by atoms with Gasteiger partial charge in [0.15, 0.2) is 0 Å². The summed E-state index contributed by atoms with van der Waals surface area (Å²) in [5, 5.41) is 0. The fraction of sp³-hybridized carbons (Fsp3) is 0.500. The summed E-state index contributed by atoms with van der Waals surface area (Å²) >= 11 is 0. The van der Waals surface area contributed by atoms with Crippen molar-refractivity contribution in [1.29, 1.82) is 0 Å². The van der Waals surface area contributed by atoms with Gasteiger partial charge in [-0.25, -0.2) is 0 Å². The first-order valence-electron chi connectivity index (χ1n) is 5.29. The molecule has 0 aliphatic rings. The number of allylic oxidation sites excluding steroid dienone is 1. The minimum atomic E-state index is 0.865. The summed E-state index contributed by atoms with van der Waals surface area (Å²) in [7, 11) is 1.26. The second kappa shape index (κ2) is 8.97. The Morgan fingerprint density at radius 2 is 1.64 bits per heavy atom. The molecule has 0 saturated heterocycles. The fourth-order valence-corrected chi connectivity index (χ4v) is 2.02. The number of rotatable bonds is 9. The van der Waals surface area contributed by atoms with Gasteiger partial charge in [0.2, 0.25) is 0 Å². The van der Waals surface area contributed by atoms with E-state index in [4.69, 9.17) is 0 Å². The van der Waals surface area contributed by atoms with Gasteiger partial charge in [-0.2, -0.15) is 0 Å². The second-order valence-corrected chi connectivity index (χ2v) is 5.39. The molecule has 0 aromatic rings. The van der Waals surface area contributed by atoms with Crippen LogP contribution in [-0.4, -0.2) is 34.8 Å². The first kappa shape index (κ1) is 13.4. The van der Waals surface area contributed by atoms with Crippen molar-refractivity contribution >= 4 is 10.2 Å².